The van der Waals surface area contributed by atoms with Crippen molar-refractivity contribution >= 4 is 26.0 Å². The summed E-state index contributed by atoms with van der Waals surface area (Å²) >= 11 is 3.35. The Labute approximate surface area is 110 Å². The lowest BCUT2D eigenvalue weighted by Gasteiger charge is -2.11. The van der Waals surface area contributed by atoms with Crippen molar-refractivity contribution in [1.29, 1.82) is 0 Å². The summed E-state index contributed by atoms with van der Waals surface area (Å²) in [5.41, 5.74) is 0.403. The predicted molar refractivity (Wildman–Crippen MR) is 69.3 cm³/mol. The number of sulfonamides is 1. The maximum absolute atomic E-state index is 12.9. The molecule has 1 rings (SSSR count). The third-order valence-corrected chi connectivity index (χ3v) is 4.92. The van der Waals surface area contributed by atoms with E-state index < -0.39 is 15.8 Å². The zero-order valence-corrected chi connectivity index (χ0v) is 12.1. The van der Waals surface area contributed by atoms with E-state index >= 15 is 0 Å². The first-order valence-corrected chi connectivity index (χ1v) is 7.66. The lowest BCUT2D eigenvalue weighted by atomic mass is 10.2. The van der Waals surface area contributed by atoms with Gasteiger partial charge in [-0.2, -0.15) is 0 Å². The van der Waals surface area contributed by atoms with E-state index in [0.29, 0.717) is 12.1 Å². The van der Waals surface area contributed by atoms with E-state index in [1.165, 1.54) is 12.1 Å². The van der Waals surface area contributed by atoms with Crippen LogP contribution in [0.25, 0.3) is 0 Å². The summed E-state index contributed by atoms with van der Waals surface area (Å²) in [6.07, 6.45) is 0.824. The van der Waals surface area contributed by atoms with Gasteiger partial charge in [-0.05, 0) is 37.1 Å². The van der Waals surface area contributed by atoms with Gasteiger partial charge in [0, 0.05) is 11.4 Å². The van der Waals surface area contributed by atoms with Crippen molar-refractivity contribution in [3.8, 4) is 0 Å². The van der Waals surface area contributed by atoms with Gasteiger partial charge in [0.15, 0.2) is 0 Å². The van der Waals surface area contributed by atoms with Crippen molar-refractivity contribution in [3.63, 3.8) is 0 Å². The molecular weight excluding hydrogens is 309 g/mol. The summed E-state index contributed by atoms with van der Waals surface area (Å²) in [6, 6.07) is 3.63. The quantitative estimate of drug-likeness (QED) is 0.846. The Morgan fingerprint density at radius 1 is 1.47 bits per heavy atom. The van der Waals surface area contributed by atoms with Gasteiger partial charge >= 0.3 is 0 Å². The third kappa shape index (κ3) is 4.04. The van der Waals surface area contributed by atoms with Gasteiger partial charge in [0.1, 0.15) is 5.82 Å². The van der Waals surface area contributed by atoms with Crippen LogP contribution in [0, 0.1) is 12.7 Å². The molecule has 1 aromatic carbocycles. The van der Waals surface area contributed by atoms with Crippen molar-refractivity contribution in [2.75, 3.05) is 6.54 Å². The molecule has 0 saturated carbocycles. The Kier molecular flexibility index (Phi) is 5.09. The molecule has 3 nitrogen and oxygen atoms in total. The molecule has 0 saturated heterocycles. The zero-order chi connectivity index (χ0) is 13.1. The number of aryl methyl sites for hydroxylation is 1. The largest absolute Gasteiger partial charge is 0.240 e. The highest BCUT2D eigenvalue weighted by Gasteiger charge is 2.17. The van der Waals surface area contributed by atoms with Crippen LogP contribution in [-0.2, 0) is 10.0 Å². The second kappa shape index (κ2) is 5.93. The second-order valence-corrected chi connectivity index (χ2v) is 6.80. The highest BCUT2D eigenvalue weighted by Crippen LogP contribution is 2.16. The first-order chi connectivity index (χ1) is 7.86. The van der Waals surface area contributed by atoms with Crippen LogP contribution in [0.1, 0.15) is 18.9 Å². The zero-order valence-electron chi connectivity index (χ0n) is 9.70. The average molecular weight is 324 g/mol. The van der Waals surface area contributed by atoms with Crippen LogP contribution in [0.2, 0.25) is 0 Å². The lowest BCUT2D eigenvalue weighted by Crippen LogP contribution is -2.29. The molecule has 0 aliphatic rings. The number of hydrogen-bond acceptors (Lipinski definition) is 2. The van der Waals surface area contributed by atoms with Gasteiger partial charge in [-0.25, -0.2) is 17.5 Å². The van der Waals surface area contributed by atoms with Gasteiger partial charge in [-0.1, -0.05) is 22.9 Å². The Balaban J connectivity index is 2.90. The third-order valence-electron chi connectivity index (χ3n) is 2.36. The van der Waals surface area contributed by atoms with Crippen molar-refractivity contribution in [1.82, 2.24) is 4.72 Å². The smallest absolute Gasteiger partial charge is 0.210 e. The number of rotatable bonds is 5. The molecular formula is C11H15BrFNO2S. The Morgan fingerprint density at radius 2 is 2.12 bits per heavy atom. The average Bonchev–Trinajstić information content (AvgIpc) is 2.25. The van der Waals surface area contributed by atoms with Crippen molar-refractivity contribution in [2.24, 2.45) is 0 Å². The van der Waals surface area contributed by atoms with Crippen LogP contribution >= 0.6 is 15.9 Å². The van der Waals surface area contributed by atoms with Gasteiger partial charge in [-0.15, -0.1) is 0 Å². The molecule has 0 amide bonds. The SMILES string of the molecule is CCC(Br)CNS(=O)(=O)c1ccc(F)cc1C. The molecule has 1 N–H and O–H groups in total. The lowest BCUT2D eigenvalue weighted by molar-refractivity contribution is 0.578. The first kappa shape index (κ1) is 14.6. The fourth-order valence-corrected chi connectivity index (χ4v) is 3.02. The molecule has 0 aliphatic carbocycles. The minimum Gasteiger partial charge on any atom is -0.210 e. The van der Waals surface area contributed by atoms with Crippen LogP contribution in [-0.4, -0.2) is 19.8 Å². The molecule has 0 aromatic heterocycles. The molecule has 6 heteroatoms. The van der Waals surface area contributed by atoms with Crippen molar-refractivity contribution < 1.29 is 12.8 Å². The fourth-order valence-electron chi connectivity index (χ4n) is 1.34. The van der Waals surface area contributed by atoms with E-state index in [4.69, 9.17) is 0 Å². The van der Waals surface area contributed by atoms with Gasteiger partial charge in [0.2, 0.25) is 10.0 Å². The van der Waals surface area contributed by atoms with Crippen LogP contribution in [0.4, 0.5) is 4.39 Å². The normalized spacial score (nSPS) is 13.6. The molecule has 0 spiro atoms. The van der Waals surface area contributed by atoms with Crippen LogP contribution in [0.5, 0.6) is 0 Å². The summed E-state index contributed by atoms with van der Waals surface area (Å²) in [6.45, 7) is 3.84. The van der Waals surface area contributed by atoms with Crippen LogP contribution in [0.15, 0.2) is 23.1 Å². The molecule has 0 bridgehead atoms. The predicted octanol–water partition coefficient (Wildman–Crippen LogP) is 2.59. The number of benzene rings is 1. The minimum absolute atomic E-state index is 0.0954. The van der Waals surface area contributed by atoms with E-state index in [-0.39, 0.29) is 9.72 Å². The van der Waals surface area contributed by atoms with Gasteiger partial charge in [0.05, 0.1) is 4.90 Å². The molecule has 0 heterocycles. The van der Waals surface area contributed by atoms with Crippen molar-refractivity contribution in [2.45, 2.75) is 30.0 Å². The summed E-state index contributed by atoms with van der Waals surface area (Å²) in [4.78, 5) is 0.215. The standard InChI is InChI=1S/C11H15BrFNO2S/c1-3-9(12)7-14-17(15,16)11-5-4-10(13)6-8(11)2/h4-6,9,14H,3,7H2,1-2H3. The fraction of sp³-hybridized carbons (Fsp3) is 0.455. The Bertz CT molecular complexity index is 490. The maximum Gasteiger partial charge on any atom is 0.240 e. The molecule has 17 heavy (non-hydrogen) atoms. The van der Waals surface area contributed by atoms with Gasteiger partial charge in [-0.3, -0.25) is 0 Å². The Hall–Kier alpha value is -0.460. The van der Waals surface area contributed by atoms with Gasteiger partial charge < -0.3 is 0 Å². The van der Waals surface area contributed by atoms with Crippen LogP contribution < -0.4 is 4.72 Å². The molecule has 96 valence electrons. The number of alkyl halides is 1. The minimum atomic E-state index is -3.56. The first-order valence-electron chi connectivity index (χ1n) is 5.26. The highest BCUT2D eigenvalue weighted by atomic mass is 79.9. The molecule has 1 aromatic rings. The van der Waals surface area contributed by atoms with E-state index in [1.807, 2.05) is 6.92 Å². The number of hydrogen-bond donors (Lipinski definition) is 1. The topological polar surface area (TPSA) is 46.2 Å². The molecule has 0 aliphatic heterocycles. The summed E-state index contributed by atoms with van der Waals surface area (Å²) in [7, 11) is -3.56. The summed E-state index contributed by atoms with van der Waals surface area (Å²) < 4.78 is 39.2. The van der Waals surface area contributed by atoms with E-state index in [9.17, 15) is 12.8 Å². The molecule has 1 unspecified atom stereocenters. The number of halogens is 2. The van der Waals surface area contributed by atoms with E-state index in [2.05, 4.69) is 20.7 Å². The monoisotopic (exact) mass is 323 g/mol. The van der Waals surface area contributed by atoms with Crippen LogP contribution in [0.3, 0.4) is 0 Å². The highest BCUT2D eigenvalue weighted by molar-refractivity contribution is 9.09. The maximum atomic E-state index is 12.9. The Morgan fingerprint density at radius 3 is 2.65 bits per heavy atom. The van der Waals surface area contributed by atoms with Gasteiger partial charge in [0.25, 0.3) is 0 Å². The molecule has 0 radical (unpaired) electrons. The molecule has 0 fully saturated rings. The molecule has 1 atom stereocenters. The summed E-state index contributed by atoms with van der Waals surface area (Å²) in [5, 5.41) is 0. The van der Waals surface area contributed by atoms with E-state index in [1.54, 1.807) is 6.92 Å². The number of nitrogens with one attached hydrogen (secondary N) is 1. The summed E-state index contributed by atoms with van der Waals surface area (Å²) in [5.74, 6) is -0.437. The van der Waals surface area contributed by atoms with Crippen molar-refractivity contribution in [3.05, 3.63) is 29.6 Å². The second-order valence-electron chi connectivity index (χ2n) is 3.77. The van der Waals surface area contributed by atoms with E-state index in [0.717, 1.165) is 12.5 Å².